The van der Waals surface area contributed by atoms with Gasteiger partial charge in [0, 0.05) is 37.6 Å². The number of rotatable bonds is 5. The van der Waals surface area contributed by atoms with Crippen LogP contribution in [0, 0.1) is 0 Å². The molecule has 10 heteroatoms. The van der Waals surface area contributed by atoms with Crippen LogP contribution in [0.5, 0.6) is 5.88 Å². The molecule has 0 bridgehead atoms. The zero-order valence-corrected chi connectivity index (χ0v) is 14.5. The second kappa shape index (κ2) is 8.39. The lowest BCUT2D eigenvalue weighted by atomic mass is 10.2. The fourth-order valence-electron chi connectivity index (χ4n) is 1.94. The highest BCUT2D eigenvalue weighted by molar-refractivity contribution is 5.99. The molecule has 0 saturated heterocycles. The molecule has 0 radical (unpaired) electrons. The SMILES string of the molecule is CN(C)c1cccc(C(=O)NNC(=O)c2ccc(OCC(F)(F)F)nc2)c1. The number of aromatic nitrogens is 1. The number of hydrazine groups is 1. The first kappa shape index (κ1) is 20.0. The summed E-state index contributed by atoms with van der Waals surface area (Å²) >= 11 is 0. The quantitative estimate of drug-likeness (QED) is 0.775. The van der Waals surface area contributed by atoms with Gasteiger partial charge in [0.2, 0.25) is 5.88 Å². The molecule has 0 atom stereocenters. The van der Waals surface area contributed by atoms with Gasteiger partial charge in [0.1, 0.15) is 0 Å². The van der Waals surface area contributed by atoms with E-state index in [0.29, 0.717) is 5.56 Å². The van der Waals surface area contributed by atoms with Crippen LogP contribution < -0.4 is 20.5 Å². The molecule has 0 unspecified atom stereocenters. The van der Waals surface area contributed by atoms with Crippen molar-refractivity contribution >= 4 is 17.5 Å². The Morgan fingerprint density at radius 1 is 1.07 bits per heavy atom. The molecule has 7 nitrogen and oxygen atoms in total. The number of hydrogen-bond donors (Lipinski definition) is 2. The summed E-state index contributed by atoms with van der Waals surface area (Å²) in [5.41, 5.74) is 5.66. The van der Waals surface area contributed by atoms with E-state index in [1.54, 1.807) is 18.2 Å². The predicted molar refractivity (Wildman–Crippen MR) is 91.5 cm³/mol. The fourth-order valence-corrected chi connectivity index (χ4v) is 1.94. The van der Waals surface area contributed by atoms with Crippen LogP contribution in [0.25, 0.3) is 0 Å². The zero-order valence-electron chi connectivity index (χ0n) is 14.5. The van der Waals surface area contributed by atoms with Crippen LogP contribution in [0.1, 0.15) is 20.7 Å². The minimum absolute atomic E-state index is 0.0386. The summed E-state index contributed by atoms with van der Waals surface area (Å²) in [5.74, 6) is -1.47. The second-order valence-corrected chi connectivity index (χ2v) is 5.64. The van der Waals surface area contributed by atoms with Crippen LogP contribution in [0.3, 0.4) is 0 Å². The van der Waals surface area contributed by atoms with Gasteiger partial charge in [-0.05, 0) is 24.3 Å². The van der Waals surface area contributed by atoms with Gasteiger partial charge in [-0.2, -0.15) is 13.2 Å². The molecular weight excluding hydrogens is 365 g/mol. The first-order valence-electron chi connectivity index (χ1n) is 7.69. The Bertz CT molecular complexity index is 808. The van der Waals surface area contributed by atoms with Gasteiger partial charge in [-0.25, -0.2) is 4.98 Å². The molecule has 27 heavy (non-hydrogen) atoms. The Morgan fingerprint density at radius 3 is 2.30 bits per heavy atom. The van der Waals surface area contributed by atoms with Crippen LogP contribution in [-0.4, -0.2) is 43.7 Å². The van der Waals surface area contributed by atoms with Crippen molar-refractivity contribution in [3.63, 3.8) is 0 Å². The normalized spacial score (nSPS) is 10.9. The minimum atomic E-state index is -4.48. The molecule has 2 N–H and O–H groups in total. The maximum absolute atomic E-state index is 12.1. The summed E-state index contributed by atoms with van der Waals surface area (Å²) in [7, 11) is 3.65. The van der Waals surface area contributed by atoms with E-state index in [1.165, 1.54) is 6.07 Å². The van der Waals surface area contributed by atoms with Crippen LogP contribution in [0.15, 0.2) is 42.6 Å². The monoisotopic (exact) mass is 382 g/mol. The molecule has 1 aromatic carbocycles. The molecule has 0 spiro atoms. The van der Waals surface area contributed by atoms with Crippen LogP contribution in [0.2, 0.25) is 0 Å². The lowest BCUT2D eigenvalue weighted by Gasteiger charge is -2.13. The highest BCUT2D eigenvalue weighted by Gasteiger charge is 2.28. The molecule has 0 aliphatic carbocycles. The average molecular weight is 382 g/mol. The molecule has 0 aliphatic rings. The van der Waals surface area contributed by atoms with E-state index in [1.807, 2.05) is 25.1 Å². The number of nitrogens with zero attached hydrogens (tertiary/aromatic N) is 2. The molecule has 144 valence electrons. The molecule has 0 fully saturated rings. The molecule has 2 rings (SSSR count). The number of alkyl halides is 3. The van der Waals surface area contributed by atoms with E-state index >= 15 is 0 Å². The number of amides is 2. The Kier molecular flexibility index (Phi) is 6.22. The number of pyridine rings is 1. The van der Waals surface area contributed by atoms with Gasteiger partial charge in [-0.15, -0.1) is 0 Å². The van der Waals surface area contributed by atoms with Gasteiger partial charge < -0.3 is 9.64 Å². The highest BCUT2D eigenvalue weighted by Crippen LogP contribution is 2.17. The molecule has 0 aliphatic heterocycles. The number of halogens is 3. The summed E-state index contributed by atoms with van der Waals surface area (Å²) in [6, 6.07) is 9.12. The Hall–Kier alpha value is -3.30. The summed E-state index contributed by atoms with van der Waals surface area (Å²) in [6.45, 7) is -1.48. The van der Waals surface area contributed by atoms with Crippen molar-refractivity contribution in [1.82, 2.24) is 15.8 Å². The van der Waals surface area contributed by atoms with Crippen molar-refractivity contribution in [2.45, 2.75) is 6.18 Å². The summed E-state index contributed by atoms with van der Waals surface area (Å²) in [5, 5.41) is 0. The molecule has 1 heterocycles. The number of benzene rings is 1. The maximum atomic E-state index is 12.1. The largest absolute Gasteiger partial charge is 0.468 e. The number of carbonyl (C=O) groups excluding carboxylic acids is 2. The van der Waals surface area contributed by atoms with Crippen molar-refractivity contribution in [2.75, 3.05) is 25.6 Å². The van der Waals surface area contributed by atoms with Gasteiger partial charge in [0.05, 0.1) is 5.56 Å². The van der Waals surface area contributed by atoms with Gasteiger partial charge in [-0.1, -0.05) is 6.07 Å². The highest BCUT2D eigenvalue weighted by atomic mass is 19.4. The molecule has 0 saturated carbocycles. The lowest BCUT2D eigenvalue weighted by Crippen LogP contribution is -2.41. The van der Waals surface area contributed by atoms with E-state index in [-0.39, 0.29) is 11.4 Å². The predicted octanol–water partition coefficient (Wildman–Crippen LogP) is 2.16. The smallest absolute Gasteiger partial charge is 0.422 e. The second-order valence-electron chi connectivity index (χ2n) is 5.64. The number of nitrogens with one attached hydrogen (secondary N) is 2. The Balaban J connectivity index is 1.91. The number of anilines is 1. The van der Waals surface area contributed by atoms with Crippen molar-refractivity contribution in [1.29, 1.82) is 0 Å². The van der Waals surface area contributed by atoms with Gasteiger partial charge in [0.25, 0.3) is 11.8 Å². The van der Waals surface area contributed by atoms with Crippen molar-refractivity contribution in [3.05, 3.63) is 53.7 Å². The number of carbonyl (C=O) groups is 2. The molecule has 2 aromatic rings. The van der Waals surface area contributed by atoms with Crippen molar-refractivity contribution in [2.24, 2.45) is 0 Å². The van der Waals surface area contributed by atoms with E-state index in [0.717, 1.165) is 18.0 Å². The summed E-state index contributed by atoms with van der Waals surface area (Å²) in [6.07, 6.45) is -3.44. The molecule has 1 aromatic heterocycles. The fraction of sp³-hybridized carbons (Fsp3) is 0.235. The molecule has 2 amide bonds. The molecular formula is C17H17F3N4O3. The zero-order chi connectivity index (χ0) is 20.0. The van der Waals surface area contributed by atoms with Crippen LogP contribution in [0.4, 0.5) is 18.9 Å². The van der Waals surface area contributed by atoms with Crippen LogP contribution in [-0.2, 0) is 0 Å². The van der Waals surface area contributed by atoms with Crippen LogP contribution >= 0.6 is 0 Å². The Labute approximate surface area is 153 Å². The third-order valence-corrected chi connectivity index (χ3v) is 3.30. The third kappa shape index (κ3) is 6.17. The maximum Gasteiger partial charge on any atom is 0.422 e. The van der Waals surface area contributed by atoms with Crippen molar-refractivity contribution in [3.8, 4) is 5.88 Å². The standard InChI is InChI=1S/C17H17F3N4O3/c1-24(2)13-5-3-4-11(8-13)15(25)22-23-16(26)12-6-7-14(21-9-12)27-10-17(18,19)20/h3-9H,10H2,1-2H3,(H,22,25)(H,23,26). The van der Waals surface area contributed by atoms with E-state index in [2.05, 4.69) is 20.6 Å². The number of hydrogen-bond acceptors (Lipinski definition) is 5. The van der Waals surface area contributed by atoms with E-state index in [4.69, 9.17) is 0 Å². The third-order valence-electron chi connectivity index (χ3n) is 3.30. The average Bonchev–Trinajstić information content (AvgIpc) is 2.64. The topological polar surface area (TPSA) is 83.6 Å². The summed E-state index contributed by atoms with van der Waals surface area (Å²) in [4.78, 5) is 29.5. The van der Waals surface area contributed by atoms with Gasteiger partial charge in [-0.3, -0.25) is 20.4 Å². The lowest BCUT2D eigenvalue weighted by molar-refractivity contribution is -0.154. The first-order valence-corrected chi connectivity index (χ1v) is 7.69. The first-order chi connectivity index (χ1) is 12.7. The van der Waals surface area contributed by atoms with E-state index in [9.17, 15) is 22.8 Å². The van der Waals surface area contributed by atoms with Gasteiger partial charge in [0.15, 0.2) is 6.61 Å². The van der Waals surface area contributed by atoms with Crippen molar-refractivity contribution < 1.29 is 27.5 Å². The summed E-state index contributed by atoms with van der Waals surface area (Å²) < 4.78 is 40.7. The van der Waals surface area contributed by atoms with Gasteiger partial charge >= 0.3 is 6.18 Å². The number of ether oxygens (including phenoxy) is 1. The van der Waals surface area contributed by atoms with E-state index < -0.39 is 24.6 Å². The minimum Gasteiger partial charge on any atom is -0.468 e. The Morgan fingerprint density at radius 2 is 1.74 bits per heavy atom.